The Hall–Kier alpha value is -4.78. The number of hydrogen-bond acceptors (Lipinski definition) is 6. The normalized spacial score (nSPS) is 14.8. The average molecular weight is 596 g/mol. The van der Waals surface area contributed by atoms with Crippen LogP contribution < -0.4 is 4.74 Å². The molecule has 9 nitrogen and oxygen atoms in total. The molecular weight excluding hydrogens is 570 g/mol. The molecule has 6 rings (SSSR count). The lowest BCUT2D eigenvalue weighted by Crippen LogP contribution is -2.31. The van der Waals surface area contributed by atoms with Crippen molar-refractivity contribution in [1.82, 2.24) is 24.3 Å². The zero-order chi connectivity index (χ0) is 30.1. The second kappa shape index (κ2) is 11.8. The number of halogens is 4. The highest BCUT2D eigenvalue weighted by Crippen LogP contribution is 2.29. The lowest BCUT2D eigenvalue weighted by atomic mass is 10.0. The summed E-state index contributed by atoms with van der Waals surface area (Å²) in [6.07, 6.45) is -0.418. The molecule has 0 spiro atoms. The van der Waals surface area contributed by atoms with Crippen LogP contribution in [-0.4, -0.2) is 54.5 Å². The zero-order valence-corrected chi connectivity index (χ0v) is 22.6. The highest BCUT2D eigenvalue weighted by molar-refractivity contribution is 5.92. The monoisotopic (exact) mass is 595 g/mol. The Morgan fingerprint density at radius 2 is 1.93 bits per heavy atom. The van der Waals surface area contributed by atoms with E-state index in [1.165, 1.54) is 30.5 Å². The number of fused-ring (bicyclic) bond motifs is 1. The largest absolute Gasteiger partial charge is 0.478 e. The summed E-state index contributed by atoms with van der Waals surface area (Å²) < 4.78 is 70.0. The molecule has 0 aliphatic carbocycles. The van der Waals surface area contributed by atoms with Crippen molar-refractivity contribution in [3.8, 4) is 17.1 Å². The van der Waals surface area contributed by atoms with Crippen molar-refractivity contribution in [2.45, 2.75) is 45.1 Å². The van der Waals surface area contributed by atoms with Gasteiger partial charge in [-0.15, -0.1) is 0 Å². The fourth-order valence-electron chi connectivity index (χ4n) is 4.88. The summed E-state index contributed by atoms with van der Waals surface area (Å²) in [4.78, 5) is 20.4. The molecule has 4 heterocycles. The van der Waals surface area contributed by atoms with Crippen molar-refractivity contribution in [2.75, 3.05) is 6.61 Å². The SMILES string of the molecule is O=C(O)c1ccc2nc(Cc3cc(F)c(-c4cccc(OCc5ccn(CC(F)F)n5)n4)cc3F)n(C[C@@H]3CCO3)c2c1. The molecule has 1 N–H and O–H groups in total. The molecule has 1 aliphatic heterocycles. The Kier molecular flexibility index (Phi) is 7.80. The predicted molar refractivity (Wildman–Crippen MR) is 146 cm³/mol. The molecule has 222 valence electrons. The fraction of sp³-hybridized carbons (Fsp3) is 0.267. The number of imidazole rings is 1. The van der Waals surface area contributed by atoms with E-state index in [1.54, 1.807) is 22.8 Å². The highest BCUT2D eigenvalue weighted by Gasteiger charge is 2.24. The number of nitrogens with zero attached hydrogens (tertiary/aromatic N) is 5. The van der Waals surface area contributed by atoms with Crippen molar-refractivity contribution in [2.24, 2.45) is 0 Å². The maximum Gasteiger partial charge on any atom is 0.335 e. The third-order valence-electron chi connectivity index (χ3n) is 7.13. The maximum absolute atomic E-state index is 15.4. The maximum atomic E-state index is 15.4. The third-order valence-corrected chi connectivity index (χ3v) is 7.13. The van der Waals surface area contributed by atoms with Crippen LogP contribution in [0.4, 0.5) is 17.6 Å². The van der Waals surface area contributed by atoms with Crippen molar-refractivity contribution in [3.05, 3.63) is 95.1 Å². The van der Waals surface area contributed by atoms with Gasteiger partial charge >= 0.3 is 5.97 Å². The summed E-state index contributed by atoms with van der Waals surface area (Å²) in [6.45, 7) is 0.442. The topological polar surface area (TPSA) is 104 Å². The van der Waals surface area contributed by atoms with E-state index in [1.807, 2.05) is 0 Å². The number of carbonyl (C=O) groups is 1. The summed E-state index contributed by atoms with van der Waals surface area (Å²) >= 11 is 0. The summed E-state index contributed by atoms with van der Waals surface area (Å²) in [5.74, 6) is -1.88. The number of carboxylic acids is 1. The van der Waals surface area contributed by atoms with Gasteiger partial charge in [-0.2, -0.15) is 5.10 Å². The molecular formula is C30H25F4N5O4. The van der Waals surface area contributed by atoms with Crippen LogP contribution in [0.5, 0.6) is 5.88 Å². The summed E-state index contributed by atoms with van der Waals surface area (Å²) in [5, 5.41) is 13.5. The van der Waals surface area contributed by atoms with Crippen molar-refractivity contribution in [3.63, 3.8) is 0 Å². The fourth-order valence-corrected chi connectivity index (χ4v) is 4.88. The second-order valence-corrected chi connectivity index (χ2v) is 10.1. The Labute approximate surface area is 242 Å². The quantitative estimate of drug-likeness (QED) is 0.201. The molecule has 5 aromatic rings. The number of pyridine rings is 1. The molecule has 2 aromatic carbocycles. The van der Waals surface area contributed by atoms with Gasteiger partial charge in [0, 0.05) is 30.9 Å². The number of benzene rings is 2. The van der Waals surface area contributed by atoms with E-state index in [0.29, 0.717) is 35.7 Å². The van der Waals surface area contributed by atoms with Crippen LogP contribution in [0.25, 0.3) is 22.3 Å². The molecule has 43 heavy (non-hydrogen) atoms. The van der Waals surface area contributed by atoms with E-state index in [-0.39, 0.29) is 47.4 Å². The summed E-state index contributed by atoms with van der Waals surface area (Å²) in [7, 11) is 0. The van der Waals surface area contributed by atoms with E-state index < -0.39 is 30.6 Å². The van der Waals surface area contributed by atoms with Gasteiger partial charge in [-0.05, 0) is 54.4 Å². The van der Waals surface area contributed by atoms with Crippen LogP contribution in [0.2, 0.25) is 0 Å². The Balaban J connectivity index is 1.23. The minimum atomic E-state index is -2.54. The first kappa shape index (κ1) is 28.3. The van der Waals surface area contributed by atoms with Crippen LogP contribution in [-0.2, 0) is 30.9 Å². The number of aromatic carboxylic acids is 1. The van der Waals surface area contributed by atoms with E-state index in [9.17, 15) is 18.7 Å². The number of hydrogen-bond donors (Lipinski definition) is 1. The standard InChI is InChI=1S/C30H25F4N5O4/c31-22-13-21(24-2-1-3-29(36-24)43-16-19-6-8-38(37-19)15-27(33)34)23(32)10-18(22)12-28-35-25-5-4-17(30(40)41)11-26(25)39(28)14-20-7-9-42-20/h1-6,8,10-11,13,20,27H,7,9,12,14-16H2,(H,40,41)/t20-/m0/s1. The molecule has 0 saturated carbocycles. The van der Waals surface area contributed by atoms with Crippen molar-refractivity contribution < 1.29 is 36.9 Å². The molecule has 13 heteroatoms. The smallest absolute Gasteiger partial charge is 0.335 e. The van der Waals surface area contributed by atoms with Crippen LogP contribution in [0, 0.1) is 11.6 Å². The third kappa shape index (κ3) is 6.21. The number of carboxylic acid groups (broad SMARTS) is 1. The second-order valence-electron chi connectivity index (χ2n) is 10.1. The lowest BCUT2D eigenvalue weighted by molar-refractivity contribution is -0.0589. The molecule has 1 fully saturated rings. The van der Waals surface area contributed by atoms with Gasteiger partial charge < -0.3 is 19.1 Å². The zero-order valence-electron chi connectivity index (χ0n) is 22.6. The van der Waals surface area contributed by atoms with Gasteiger partial charge in [0.25, 0.3) is 6.43 Å². The first-order valence-corrected chi connectivity index (χ1v) is 13.5. The average Bonchev–Trinajstić information content (AvgIpc) is 3.54. The number of rotatable bonds is 11. The van der Waals surface area contributed by atoms with Gasteiger partial charge in [-0.25, -0.2) is 32.3 Å². The summed E-state index contributed by atoms with van der Waals surface area (Å²) in [6, 6.07) is 12.9. The van der Waals surface area contributed by atoms with Crippen LogP contribution in [0.1, 0.15) is 33.9 Å². The van der Waals surface area contributed by atoms with E-state index in [2.05, 4.69) is 15.1 Å². The molecule has 1 aliphatic rings. The lowest BCUT2D eigenvalue weighted by Gasteiger charge is -2.27. The molecule has 3 aromatic heterocycles. The van der Waals surface area contributed by atoms with E-state index in [4.69, 9.17) is 9.47 Å². The van der Waals surface area contributed by atoms with E-state index in [0.717, 1.165) is 23.2 Å². The van der Waals surface area contributed by atoms with Gasteiger partial charge in [0.1, 0.15) is 30.6 Å². The van der Waals surface area contributed by atoms with Gasteiger partial charge in [0.2, 0.25) is 5.88 Å². The molecule has 1 saturated heterocycles. The van der Waals surface area contributed by atoms with Gasteiger partial charge in [0.15, 0.2) is 0 Å². The Bertz CT molecular complexity index is 1800. The van der Waals surface area contributed by atoms with Gasteiger partial charge in [0.05, 0.1) is 40.6 Å². The Morgan fingerprint density at radius 3 is 2.67 bits per heavy atom. The number of ether oxygens (including phenoxy) is 2. The van der Waals surface area contributed by atoms with Crippen LogP contribution in [0.15, 0.2) is 60.8 Å². The minimum absolute atomic E-state index is 0.0401. The Morgan fingerprint density at radius 1 is 1.09 bits per heavy atom. The first-order valence-electron chi connectivity index (χ1n) is 13.5. The summed E-state index contributed by atoms with van der Waals surface area (Å²) in [5.41, 5.74) is 1.75. The predicted octanol–water partition coefficient (Wildman–Crippen LogP) is 5.50. The van der Waals surface area contributed by atoms with Crippen LogP contribution >= 0.6 is 0 Å². The first-order chi connectivity index (χ1) is 20.7. The molecule has 0 amide bonds. The van der Waals surface area contributed by atoms with Crippen molar-refractivity contribution >= 4 is 17.0 Å². The van der Waals surface area contributed by atoms with Crippen molar-refractivity contribution in [1.29, 1.82) is 0 Å². The van der Waals surface area contributed by atoms with E-state index >= 15 is 8.78 Å². The molecule has 0 radical (unpaired) electrons. The highest BCUT2D eigenvalue weighted by atomic mass is 19.3. The number of aromatic nitrogens is 5. The van der Waals surface area contributed by atoms with Crippen LogP contribution in [0.3, 0.4) is 0 Å². The molecule has 0 bridgehead atoms. The molecule has 0 unspecified atom stereocenters. The van der Waals surface area contributed by atoms with Gasteiger partial charge in [-0.1, -0.05) is 6.07 Å². The number of alkyl halides is 2. The minimum Gasteiger partial charge on any atom is -0.478 e. The van der Waals surface area contributed by atoms with Gasteiger partial charge in [-0.3, -0.25) is 4.68 Å². The molecule has 1 atom stereocenters.